The van der Waals surface area contributed by atoms with Crippen molar-refractivity contribution in [2.24, 2.45) is 12.8 Å². The Hall–Kier alpha value is -3.55. The number of aryl methyl sites for hydroxylation is 1. The molecule has 2 unspecified atom stereocenters. The van der Waals surface area contributed by atoms with Crippen LogP contribution in [-0.2, 0) is 20.1 Å². The lowest BCUT2D eigenvalue weighted by Crippen LogP contribution is -2.44. The second-order valence-electron chi connectivity index (χ2n) is 9.69. The van der Waals surface area contributed by atoms with Crippen molar-refractivity contribution in [1.82, 2.24) is 24.0 Å². The Balaban J connectivity index is 1.65. The summed E-state index contributed by atoms with van der Waals surface area (Å²) < 4.78 is 4.67. The van der Waals surface area contributed by atoms with Crippen molar-refractivity contribution in [1.29, 1.82) is 0 Å². The van der Waals surface area contributed by atoms with E-state index < -0.39 is 0 Å². The lowest BCUT2D eigenvalue weighted by molar-refractivity contribution is 0.452. The number of imidazole rings is 1. The maximum absolute atomic E-state index is 13.9. The zero-order valence-electron chi connectivity index (χ0n) is 21.2. The molecule has 0 amide bonds. The molecule has 2 aromatic heterocycles. The third-order valence-electron chi connectivity index (χ3n) is 7.29. The monoisotopic (exact) mass is 490 g/mol. The van der Waals surface area contributed by atoms with Gasteiger partial charge in [0.05, 0.1) is 19.1 Å². The molecule has 0 aliphatic carbocycles. The van der Waals surface area contributed by atoms with E-state index in [1.165, 1.54) is 9.13 Å². The van der Waals surface area contributed by atoms with Gasteiger partial charge in [-0.3, -0.25) is 18.5 Å². The van der Waals surface area contributed by atoms with Crippen LogP contribution < -0.4 is 32.1 Å². The molecule has 1 fully saturated rings. The Morgan fingerprint density at radius 3 is 2.75 bits per heavy atom. The van der Waals surface area contributed by atoms with Gasteiger partial charge < -0.3 is 20.9 Å². The first-order chi connectivity index (χ1) is 17.4. The zero-order chi connectivity index (χ0) is 25.4. The fourth-order valence-electron chi connectivity index (χ4n) is 5.37. The second-order valence-corrected chi connectivity index (χ2v) is 9.69. The summed E-state index contributed by atoms with van der Waals surface area (Å²) in [5, 5.41) is 3.53. The molecule has 1 saturated heterocycles. The van der Waals surface area contributed by atoms with E-state index in [4.69, 9.17) is 10.7 Å². The number of benzene rings is 1. The number of nitrogens with zero attached hydrogens (tertiary/aromatic N) is 6. The van der Waals surface area contributed by atoms with Crippen molar-refractivity contribution in [3.63, 3.8) is 0 Å². The summed E-state index contributed by atoms with van der Waals surface area (Å²) >= 11 is 0. The average molecular weight is 491 g/mol. The summed E-state index contributed by atoms with van der Waals surface area (Å²) in [7, 11) is 3.74. The molecule has 3 N–H and O–H groups in total. The molecule has 3 aromatic rings. The van der Waals surface area contributed by atoms with Crippen molar-refractivity contribution in [2.75, 3.05) is 43.0 Å². The van der Waals surface area contributed by atoms with Gasteiger partial charge in [-0.05, 0) is 31.4 Å². The smallest absolute Gasteiger partial charge is 0.332 e. The van der Waals surface area contributed by atoms with Crippen LogP contribution in [0.15, 0.2) is 33.9 Å². The topological polar surface area (TPSA) is 106 Å². The van der Waals surface area contributed by atoms with Crippen molar-refractivity contribution in [3.8, 4) is 11.8 Å². The van der Waals surface area contributed by atoms with Crippen molar-refractivity contribution < 1.29 is 0 Å². The Bertz CT molecular complexity index is 1460. The molecule has 190 valence electrons. The molecule has 2 aliphatic rings. The second kappa shape index (κ2) is 9.84. The van der Waals surface area contributed by atoms with Gasteiger partial charge >= 0.3 is 5.69 Å². The number of para-hydroxylation sites is 1. The normalized spacial score (nSPS) is 20.1. The lowest BCUT2D eigenvalue weighted by Gasteiger charge is -2.31. The molecule has 0 spiro atoms. The number of rotatable bonds is 4. The van der Waals surface area contributed by atoms with Crippen molar-refractivity contribution in [3.05, 3.63) is 50.7 Å². The quantitative estimate of drug-likeness (QED) is 0.517. The van der Waals surface area contributed by atoms with Gasteiger partial charge in [-0.2, -0.15) is 4.98 Å². The van der Waals surface area contributed by atoms with E-state index in [0.717, 1.165) is 43.7 Å². The van der Waals surface area contributed by atoms with Gasteiger partial charge in [0.25, 0.3) is 5.56 Å². The van der Waals surface area contributed by atoms with Crippen LogP contribution >= 0.6 is 0 Å². The SMILES string of the molecule is CC#CCn1c(N2CCCC(N)C2)nc2c1c(=O)n(CC1NCCN(C)c3ccccc31)c(=O)n2C. The number of hydrogen-bond donors (Lipinski definition) is 2. The van der Waals surface area contributed by atoms with Gasteiger partial charge in [0.1, 0.15) is 0 Å². The first kappa shape index (κ1) is 24.2. The van der Waals surface area contributed by atoms with Crippen LogP contribution in [0.4, 0.5) is 11.6 Å². The van der Waals surface area contributed by atoms with E-state index in [2.05, 4.69) is 46.1 Å². The first-order valence-electron chi connectivity index (χ1n) is 12.5. The summed E-state index contributed by atoms with van der Waals surface area (Å²) in [5.74, 6) is 6.65. The molecule has 36 heavy (non-hydrogen) atoms. The van der Waals surface area contributed by atoms with Gasteiger partial charge in [0.2, 0.25) is 5.95 Å². The van der Waals surface area contributed by atoms with Crippen LogP contribution in [-0.4, -0.2) is 58.0 Å². The highest BCUT2D eigenvalue weighted by Gasteiger charge is 2.28. The van der Waals surface area contributed by atoms with Gasteiger partial charge in [0, 0.05) is 52.0 Å². The highest BCUT2D eigenvalue weighted by atomic mass is 16.2. The number of fused-ring (bicyclic) bond motifs is 2. The van der Waals surface area contributed by atoms with E-state index in [9.17, 15) is 9.59 Å². The van der Waals surface area contributed by atoms with Crippen LogP contribution in [0.25, 0.3) is 11.2 Å². The maximum Gasteiger partial charge on any atom is 0.332 e. The van der Waals surface area contributed by atoms with E-state index in [-0.39, 0.29) is 29.9 Å². The fraction of sp³-hybridized carbons (Fsp3) is 0.500. The molecule has 4 heterocycles. The predicted octanol–water partition coefficient (Wildman–Crippen LogP) is 0.628. The standard InChI is InChI=1S/C26H34N8O2/c1-4-5-14-33-22-23(29-25(33)32-13-8-9-18(27)16-32)31(3)26(36)34(24(22)35)17-20-19-10-6-7-11-21(19)30(2)15-12-28-20/h6-7,10-11,18,20,28H,8-9,12-17,27H2,1-3H3. The third kappa shape index (κ3) is 4.18. The summed E-state index contributed by atoms with van der Waals surface area (Å²) in [6, 6.07) is 8.00. The van der Waals surface area contributed by atoms with Gasteiger partial charge in [0.15, 0.2) is 11.2 Å². The van der Waals surface area contributed by atoms with Crippen LogP contribution in [0.3, 0.4) is 0 Å². The van der Waals surface area contributed by atoms with Crippen LogP contribution in [0.2, 0.25) is 0 Å². The largest absolute Gasteiger partial charge is 0.373 e. The molecule has 0 saturated carbocycles. The Labute approximate surface area is 210 Å². The minimum Gasteiger partial charge on any atom is -0.373 e. The molecule has 2 aliphatic heterocycles. The van der Waals surface area contributed by atoms with Gasteiger partial charge in [-0.25, -0.2) is 4.79 Å². The molecular formula is C26H34N8O2. The summed E-state index contributed by atoms with van der Waals surface area (Å²) in [4.78, 5) is 36.5. The zero-order valence-corrected chi connectivity index (χ0v) is 21.2. The lowest BCUT2D eigenvalue weighted by atomic mass is 10.0. The molecule has 1 aromatic carbocycles. The number of anilines is 2. The van der Waals surface area contributed by atoms with E-state index in [1.54, 1.807) is 14.0 Å². The van der Waals surface area contributed by atoms with Gasteiger partial charge in [-0.1, -0.05) is 24.1 Å². The third-order valence-corrected chi connectivity index (χ3v) is 7.29. The molecule has 5 rings (SSSR count). The Kier molecular flexibility index (Phi) is 6.60. The number of likely N-dealkylation sites (N-methyl/N-ethyl adjacent to an activating group) is 1. The molecule has 0 bridgehead atoms. The summed E-state index contributed by atoms with van der Waals surface area (Å²) in [5.41, 5.74) is 8.47. The molecule has 10 nitrogen and oxygen atoms in total. The van der Waals surface area contributed by atoms with E-state index in [1.807, 2.05) is 16.7 Å². The molecule has 0 radical (unpaired) electrons. The first-order valence-corrected chi connectivity index (χ1v) is 12.5. The number of nitrogens with one attached hydrogen (secondary N) is 1. The highest BCUT2D eigenvalue weighted by Crippen LogP contribution is 2.28. The Morgan fingerprint density at radius 1 is 1.17 bits per heavy atom. The van der Waals surface area contributed by atoms with Crippen molar-refractivity contribution >= 4 is 22.8 Å². The maximum atomic E-state index is 13.9. The number of aromatic nitrogens is 4. The van der Waals surface area contributed by atoms with Crippen LogP contribution in [0, 0.1) is 11.8 Å². The highest BCUT2D eigenvalue weighted by molar-refractivity contribution is 5.75. The molecule has 10 heteroatoms. The predicted molar refractivity (Wildman–Crippen MR) is 143 cm³/mol. The summed E-state index contributed by atoms with van der Waals surface area (Å²) in [6.45, 7) is 5.35. The van der Waals surface area contributed by atoms with Crippen LogP contribution in [0.5, 0.6) is 0 Å². The van der Waals surface area contributed by atoms with E-state index in [0.29, 0.717) is 30.2 Å². The average Bonchev–Trinajstić information content (AvgIpc) is 3.19. The number of hydrogen-bond acceptors (Lipinski definition) is 7. The fourth-order valence-corrected chi connectivity index (χ4v) is 5.37. The van der Waals surface area contributed by atoms with E-state index >= 15 is 0 Å². The number of piperidine rings is 1. The summed E-state index contributed by atoms with van der Waals surface area (Å²) in [6.07, 6.45) is 1.91. The molecular weight excluding hydrogens is 456 g/mol. The Morgan fingerprint density at radius 2 is 1.97 bits per heavy atom. The van der Waals surface area contributed by atoms with Crippen molar-refractivity contribution in [2.45, 2.75) is 44.9 Å². The van der Waals surface area contributed by atoms with Gasteiger partial charge in [-0.15, -0.1) is 5.92 Å². The minimum atomic E-state index is -0.377. The minimum absolute atomic E-state index is 0.0456. The number of nitrogens with two attached hydrogens (primary N) is 1. The molecule has 2 atom stereocenters. The van der Waals surface area contributed by atoms with Crippen LogP contribution in [0.1, 0.15) is 31.4 Å².